The van der Waals surface area contributed by atoms with Gasteiger partial charge in [-0.15, -0.1) is 0 Å². The summed E-state index contributed by atoms with van der Waals surface area (Å²) in [5.41, 5.74) is 0.438. The van der Waals surface area contributed by atoms with Crippen molar-refractivity contribution in [2.45, 2.75) is 61.1 Å². The summed E-state index contributed by atoms with van der Waals surface area (Å²) in [6.45, 7) is 17.2. The molecular formula is C13H29BO. The van der Waals surface area contributed by atoms with Gasteiger partial charge in [-0.3, -0.25) is 0 Å². The van der Waals surface area contributed by atoms with Gasteiger partial charge in [0.15, 0.2) is 0 Å². The van der Waals surface area contributed by atoms with Crippen LogP contribution in [0.25, 0.3) is 0 Å². The van der Waals surface area contributed by atoms with Crippen LogP contribution in [-0.4, -0.2) is 13.5 Å². The second-order valence-corrected chi connectivity index (χ2v) is 6.32. The lowest BCUT2D eigenvalue weighted by atomic mass is 9.75. The van der Waals surface area contributed by atoms with E-state index in [2.05, 4.69) is 48.3 Å². The molecule has 0 rings (SSSR count). The smallest absolute Gasteiger partial charge is 0.286 e. The molecule has 0 aromatic carbocycles. The summed E-state index contributed by atoms with van der Waals surface area (Å²) in [6, 6.07) is 0. The first-order valence-corrected chi connectivity index (χ1v) is 6.35. The third-order valence-corrected chi connectivity index (χ3v) is 3.30. The molecule has 0 aliphatic heterocycles. The lowest BCUT2D eigenvalue weighted by molar-refractivity contribution is 0.200. The third kappa shape index (κ3) is 7.90. The van der Waals surface area contributed by atoms with Gasteiger partial charge < -0.3 is 4.65 Å². The van der Waals surface area contributed by atoms with Gasteiger partial charge in [0.05, 0.1) is 0 Å². The van der Waals surface area contributed by atoms with E-state index < -0.39 is 0 Å². The summed E-state index contributed by atoms with van der Waals surface area (Å²) in [4.78, 5) is 0. The Morgan fingerprint density at radius 3 is 2.07 bits per heavy atom. The largest absolute Gasteiger partial charge is 0.436 e. The van der Waals surface area contributed by atoms with E-state index in [-0.39, 0.29) is 0 Å². The summed E-state index contributed by atoms with van der Waals surface area (Å²) in [5.74, 6) is 1.56. The van der Waals surface area contributed by atoms with Crippen molar-refractivity contribution in [1.82, 2.24) is 0 Å². The fraction of sp³-hybridized carbons (Fsp3) is 1.00. The minimum absolute atomic E-state index is 0.372. The lowest BCUT2D eigenvalue weighted by Crippen LogP contribution is -2.20. The monoisotopic (exact) mass is 212 g/mol. The average Bonchev–Trinajstić information content (AvgIpc) is 2.01. The zero-order chi connectivity index (χ0) is 12.1. The van der Waals surface area contributed by atoms with E-state index in [4.69, 9.17) is 4.65 Å². The molecule has 2 unspecified atom stereocenters. The van der Waals surface area contributed by atoms with Gasteiger partial charge in [-0.2, -0.15) is 0 Å². The van der Waals surface area contributed by atoms with Crippen molar-refractivity contribution < 1.29 is 4.65 Å². The predicted octanol–water partition coefficient (Wildman–Crippen LogP) is 4.35. The van der Waals surface area contributed by atoms with Crippen LogP contribution in [0.1, 0.15) is 47.5 Å². The van der Waals surface area contributed by atoms with E-state index in [1.807, 2.05) is 0 Å². The normalized spacial score (nSPS) is 16.2. The Bertz CT molecular complexity index is 160. The number of hydrogen-bond donors (Lipinski definition) is 0. The molecule has 15 heavy (non-hydrogen) atoms. The molecule has 0 spiro atoms. The van der Waals surface area contributed by atoms with Crippen molar-refractivity contribution in [3.63, 3.8) is 0 Å². The first kappa shape index (κ1) is 15.0. The molecule has 0 bridgehead atoms. The SMILES string of the molecule is CB(C)OCCC(C)CC(C)C(C)(C)C. The summed E-state index contributed by atoms with van der Waals surface area (Å²) >= 11 is 0. The molecule has 0 saturated carbocycles. The van der Waals surface area contributed by atoms with Gasteiger partial charge >= 0.3 is 0 Å². The lowest BCUT2D eigenvalue weighted by Gasteiger charge is -2.29. The molecule has 0 aliphatic rings. The summed E-state index contributed by atoms with van der Waals surface area (Å²) < 4.78 is 5.58. The van der Waals surface area contributed by atoms with Crippen molar-refractivity contribution in [3.8, 4) is 0 Å². The van der Waals surface area contributed by atoms with E-state index in [1.54, 1.807) is 0 Å². The quantitative estimate of drug-likeness (QED) is 0.594. The Morgan fingerprint density at radius 2 is 1.67 bits per heavy atom. The second kappa shape index (κ2) is 6.57. The number of rotatable bonds is 6. The van der Waals surface area contributed by atoms with Gasteiger partial charge in [0.1, 0.15) is 0 Å². The fourth-order valence-electron chi connectivity index (χ4n) is 1.58. The zero-order valence-corrected chi connectivity index (χ0v) is 11.8. The van der Waals surface area contributed by atoms with Crippen molar-refractivity contribution >= 4 is 6.92 Å². The van der Waals surface area contributed by atoms with Gasteiger partial charge in [0.2, 0.25) is 0 Å². The second-order valence-electron chi connectivity index (χ2n) is 6.32. The van der Waals surface area contributed by atoms with Crippen LogP contribution in [-0.2, 0) is 4.65 Å². The van der Waals surface area contributed by atoms with E-state index in [0.29, 0.717) is 12.3 Å². The molecule has 0 saturated heterocycles. The molecular weight excluding hydrogens is 183 g/mol. The maximum absolute atomic E-state index is 5.58. The Kier molecular flexibility index (Phi) is 6.58. The van der Waals surface area contributed by atoms with Gasteiger partial charge in [-0.05, 0) is 30.1 Å². The third-order valence-electron chi connectivity index (χ3n) is 3.30. The number of hydrogen-bond acceptors (Lipinski definition) is 1. The maximum atomic E-state index is 5.58. The van der Waals surface area contributed by atoms with Crippen molar-refractivity contribution in [2.75, 3.05) is 6.61 Å². The van der Waals surface area contributed by atoms with E-state index in [9.17, 15) is 0 Å². The highest BCUT2D eigenvalue weighted by Gasteiger charge is 2.21. The van der Waals surface area contributed by atoms with Crippen LogP contribution >= 0.6 is 0 Å². The van der Waals surface area contributed by atoms with Crippen LogP contribution in [0.2, 0.25) is 13.6 Å². The van der Waals surface area contributed by atoms with Gasteiger partial charge in [-0.25, -0.2) is 0 Å². The Morgan fingerprint density at radius 1 is 1.13 bits per heavy atom. The highest BCUT2D eigenvalue weighted by Crippen LogP contribution is 2.31. The Hall–Kier alpha value is 0.0249. The minimum Gasteiger partial charge on any atom is -0.436 e. The maximum Gasteiger partial charge on any atom is 0.286 e. The molecule has 2 atom stereocenters. The summed E-state index contributed by atoms with van der Waals surface area (Å²) in [6.07, 6.45) is 2.50. The average molecular weight is 212 g/mol. The first-order valence-electron chi connectivity index (χ1n) is 6.35. The molecule has 0 heterocycles. The summed E-state index contributed by atoms with van der Waals surface area (Å²) in [7, 11) is 0. The zero-order valence-electron chi connectivity index (χ0n) is 11.8. The minimum atomic E-state index is 0.372. The van der Waals surface area contributed by atoms with E-state index >= 15 is 0 Å². The molecule has 0 fully saturated rings. The Balaban J connectivity index is 3.69. The van der Waals surface area contributed by atoms with E-state index in [0.717, 1.165) is 18.4 Å². The van der Waals surface area contributed by atoms with Crippen LogP contribution in [0.15, 0.2) is 0 Å². The molecule has 0 aliphatic carbocycles. The summed E-state index contributed by atoms with van der Waals surface area (Å²) in [5, 5.41) is 0. The topological polar surface area (TPSA) is 9.23 Å². The van der Waals surface area contributed by atoms with Crippen molar-refractivity contribution in [1.29, 1.82) is 0 Å². The first-order chi connectivity index (χ1) is 6.73. The highest BCUT2D eigenvalue weighted by atomic mass is 16.4. The Labute approximate surface area is 97.1 Å². The molecule has 2 heteroatoms. The van der Waals surface area contributed by atoms with Crippen LogP contribution in [0, 0.1) is 17.3 Å². The molecule has 0 aromatic rings. The van der Waals surface area contributed by atoms with Crippen LogP contribution in [0.5, 0.6) is 0 Å². The highest BCUT2D eigenvalue weighted by molar-refractivity contribution is 6.48. The van der Waals surface area contributed by atoms with Crippen LogP contribution in [0.3, 0.4) is 0 Å². The van der Waals surface area contributed by atoms with Crippen LogP contribution < -0.4 is 0 Å². The standard InChI is InChI=1S/C13H29BO/c1-11(8-9-15-14(6)7)10-12(2)13(3,4)5/h11-12H,8-10H2,1-7H3. The van der Waals surface area contributed by atoms with Gasteiger partial charge in [0, 0.05) is 6.61 Å². The molecule has 0 N–H and O–H groups in total. The molecule has 0 aromatic heterocycles. The molecule has 1 nitrogen and oxygen atoms in total. The molecule has 90 valence electrons. The van der Waals surface area contributed by atoms with Gasteiger partial charge in [-0.1, -0.05) is 48.3 Å². The van der Waals surface area contributed by atoms with Crippen molar-refractivity contribution in [3.05, 3.63) is 0 Å². The van der Waals surface area contributed by atoms with Crippen LogP contribution in [0.4, 0.5) is 0 Å². The molecule has 0 radical (unpaired) electrons. The van der Waals surface area contributed by atoms with Gasteiger partial charge in [0.25, 0.3) is 6.92 Å². The van der Waals surface area contributed by atoms with E-state index in [1.165, 1.54) is 12.8 Å². The molecule has 0 amide bonds. The predicted molar refractivity (Wildman–Crippen MR) is 70.5 cm³/mol. The fourth-order valence-corrected chi connectivity index (χ4v) is 1.58. The van der Waals surface area contributed by atoms with Crippen molar-refractivity contribution in [2.24, 2.45) is 17.3 Å².